The van der Waals surface area contributed by atoms with Crippen molar-refractivity contribution in [3.8, 4) is 0 Å². The zero-order valence-corrected chi connectivity index (χ0v) is 13.4. The Bertz CT molecular complexity index is 306. The molecule has 0 aromatic heterocycles. The summed E-state index contributed by atoms with van der Waals surface area (Å²) in [5, 5.41) is 3.73. The molecule has 3 unspecified atom stereocenters. The number of likely N-dealkylation sites (N-methyl/N-ethyl adjacent to an activating group) is 1. The van der Waals surface area contributed by atoms with Crippen molar-refractivity contribution in [1.82, 2.24) is 5.32 Å². The smallest absolute Gasteiger partial charge is 0.0730 e. The van der Waals surface area contributed by atoms with Gasteiger partial charge in [0.05, 0.1) is 11.7 Å². The highest BCUT2D eigenvalue weighted by molar-refractivity contribution is 4.95. The minimum absolute atomic E-state index is 0.0868. The van der Waals surface area contributed by atoms with Gasteiger partial charge >= 0.3 is 0 Å². The van der Waals surface area contributed by atoms with Crippen LogP contribution in [0.3, 0.4) is 0 Å². The molecule has 122 valence electrons. The van der Waals surface area contributed by atoms with Crippen molar-refractivity contribution in [2.24, 2.45) is 5.92 Å². The molecule has 0 aromatic carbocycles. The largest absolute Gasteiger partial charge is 0.381 e. The molecule has 1 N–H and O–H groups in total. The summed E-state index contributed by atoms with van der Waals surface area (Å²) in [6.45, 7) is 6.79. The van der Waals surface area contributed by atoms with Crippen molar-refractivity contribution >= 4 is 0 Å². The second-order valence-electron chi connectivity index (χ2n) is 6.89. The molecule has 4 heteroatoms. The minimum Gasteiger partial charge on any atom is -0.381 e. The van der Waals surface area contributed by atoms with Crippen molar-refractivity contribution in [1.29, 1.82) is 0 Å². The summed E-state index contributed by atoms with van der Waals surface area (Å²) in [5.74, 6) is 0.680. The van der Waals surface area contributed by atoms with E-state index in [4.69, 9.17) is 14.2 Å². The van der Waals surface area contributed by atoms with Gasteiger partial charge in [0.25, 0.3) is 0 Å². The van der Waals surface area contributed by atoms with E-state index in [0.717, 1.165) is 45.8 Å². The van der Waals surface area contributed by atoms with Crippen LogP contribution in [0, 0.1) is 5.92 Å². The molecule has 3 aliphatic heterocycles. The Morgan fingerprint density at radius 2 is 1.95 bits per heavy atom. The van der Waals surface area contributed by atoms with Gasteiger partial charge in [-0.25, -0.2) is 0 Å². The highest BCUT2D eigenvalue weighted by Gasteiger charge is 2.43. The van der Waals surface area contributed by atoms with Crippen LogP contribution < -0.4 is 5.32 Å². The van der Waals surface area contributed by atoms with Crippen LogP contribution in [0.25, 0.3) is 0 Å². The van der Waals surface area contributed by atoms with Crippen LogP contribution >= 0.6 is 0 Å². The molecule has 3 fully saturated rings. The minimum atomic E-state index is 0.0868. The second kappa shape index (κ2) is 7.40. The summed E-state index contributed by atoms with van der Waals surface area (Å²) in [6.07, 6.45) is 8.62. The third kappa shape index (κ3) is 3.79. The van der Waals surface area contributed by atoms with Crippen molar-refractivity contribution in [3.63, 3.8) is 0 Å². The number of nitrogens with one attached hydrogen (secondary N) is 1. The highest BCUT2D eigenvalue weighted by atomic mass is 16.5. The van der Waals surface area contributed by atoms with Gasteiger partial charge in [-0.3, -0.25) is 0 Å². The maximum absolute atomic E-state index is 6.20. The first-order chi connectivity index (χ1) is 10.3. The van der Waals surface area contributed by atoms with Crippen LogP contribution in [0.1, 0.15) is 51.9 Å². The quantitative estimate of drug-likeness (QED) is 0.865. The average Bonchev–Trinajstić information content (AvgIpc) is 2.54. The van der Waals surface area contributed by atoms with Gasteiger partial charge in [-0.1, -0.05) is 6.92 Å². The van der Waals surface area contributed by atoms with Crippen LogP contribution in [0.5, 0.6) is 0 Å². The molecule has 3 saturated heterocycles. The van der Waals surface area contributed by atoms with E-state index in [1.807, 2.05) is 0 Å². The summed E-state index contributed by atoms with van der Waals surface area (Å²) in [7, 11) is 0. The Morgan fingerprint density at radius 1 is 1.10 bits per heavy atom. The topological polar surface area (TPSA) is 39.7 Å². The van der Waals surface area contributed by atoms with Gasteiger partial charge in [0.15, 0.2) is 0 Å². The van der Waals surface area contributed by atoms with Gasteiger partial charge in [-0.2, -0.15) is 0 Å². The second-order valence-corrected chi connectivity index (χ2v) is 6.89. The van der Waals surface area contributed by atoms with Crippen molar-refractivity contribution in [2.75, 3.05) is 33.0 Å². The standard InChI is InChI=1S/C17H31NO3/c1-2-18-16(15-5-3-4-9-20-15)14-6-10-21-17(13-14)7-11-19-12-8-17/h14-16,18H,2-13H2,1H3. The summed E-state index contributed by atoms with van der Waals surface area (Å²) in [6, 6.07) is 0.499. The van der Waals surface area contributed by atoms with E-state index < -0.39 is 0 Å². The summed E-state index contributed by atoms with van der Waals surface area (Å²) in [4.78, 5) is 0. The molecule has 4 nitrogen and oxygen atoms in total. The third-order valence-corrected chi connectivity index (χ3v) is 5.50. The molecule has 21 heavy (non-hydrogen) atoms. The zero-order valence-electron chi connectivity index (χ0n) is 13.4. The number of rotatable bonds is 4. The SMILES string of the molecule is CCNC(C1CCOC2(CCOCC2)C1)C1CCCCO1. The molecular formula is C17H31NO3. The van der Waals surface area contributed by atoms with Crippen molar-refractivity contribution in [2.45, 2.75) is 69.6 Å². The highest BCUT2D eigenvalue weighted by Crippen LogP contribution is 2.39. The maximum Gasteiger partial charge on any atom is 0.0730 e. The summed E-state index contributed by atoms with van der Waals surface area (Å²) < 4.78 is 17.8. The van der Waals surface area contributed by atoms with E-state index in [9.17, 15) is 0 Å². The van der Waals surface area contributed by atoms with Crippen molar-refractivity contribution in [3.05, 3.63) is 0 Å². The van der Waals surface area contributed by atoms with E-state index in [1.54, 1.807) is 0 Å². The average molecular weight is 297 g/mol. The van der Waals surface area contributed by atoms with Crippen LogP contribution in [0.15, 0.2) is 0 Å². The van der Waals surface area contributed by atoms with E-state index in [0.29, 0.717) is 18.1 Å². The fourth-order valence-electron chi connectivity index (χ4n) is 4.35. The van der Waals surface area contributed by atoms with E-state index >= 15 is 0 Å². The van der Waals surface area contributed by atoms with Gasteiger partial charge in [0.1, 0.15) is 0 Å². The lowest BCUT2D eigenvalue weighted by Crippen LogP contribution is -2.54. The molecule has 3 rings (SSSR count). The molecule has 0 bridgehead atoms. The van der Waals surface area contributed by atoms with E-state index in [1.165, 1.54) is 32.1 Å². The normalized spacial score (nSPS) is 34.7. The molecule has 1 spiro atoms. The van der Waals surface area contributed by atoms with Gasteiger partial charge in [0, 0.05) is 32.5 Å². The molecule has 3 aliphatic rings. The molecule has 0 aliphatic carbocycles. The lowest BCUT2D eigenvalue weighted by molar-refractivity contribution is -0.156. The van der Waals surface area contributed by atoms with E-state index in [-0.39, 0.29) is 5.60 Å². The van der Waals surface area contributed by atoms with Gasteiger partial charge in [-0.05, 0) is 57.4 Å². The lowest BCUT2D eigenvalue weighted by atomic mass is 9.76. The summed E-state index contributed by atoms with van der Waals surface area (Å²) >= 11 is 0. The Hall–Kier alpha value is -0.160. The van der Waals surface area contributed by atoms with Gasteiger partial charge in [0.2, 0.25) is 0 Å². The Labute approximate surface area is 128 Å². The molecule has 0 radical (unpaired) electrons. The van der Waals surface area contributed by atoms with Crippen LogP contribution in [0.4, 0.5) is 0 Å². The third-order valence-electron chi connectivity index (χ3n) is 5.50. The maximum atomic E-state index is 6.20. The van der Waals surface area contributed by atoms with Crippen LogP contribution in [-0.4, -0.2) is 50.7 Å². The first-order valence-corrected chi connectivity index (χ1v) is 8.90. The molecule has 0 saturated carbocycles. The van der Waals surface area contributed by atoms with Crippen molar-refractivity contribution < 1.29 is 14.2 Å². The Morgan fingerprint density at radius 3 is 2.67 bits per heavy atom. The number of ether oxygens (including phenoxy) is 3. The van der Waals surface area contributed by atoms with Gasteiger partial charge < -0.3 is 19.5 Å². The number of hydrogen-bond donors (Lipinski definition) is 1. The first kappa shape index (κ1) is 15.7. The molecular weight excluding hydrogens is 266 g/mol. The zero-order chi connectivity index (χ0) is 14.5. The molecule has 0 amide bonds. The summed E-state index contributed by atoms with van der Waals surface area (Å²) in [5.41, 5.74) is 0.0868. The van der Waals surface area contributed by atoms with Crippen LogP contribution in [-0.2, 0) is 14.2 Å². The number of hydrogen-bond acceptors (Lipinski definition) is 4. The molecule has 0 aromatic rings. The Kier molecular flexibility index (Phi) is 5.54. The molecule has 3 heterocycles. The predicted molar refractivity (Wildman–Crippen MR) is 82.5 cm³/mol. The van der Waals surface area contributed by atoms with E-state index in [2.05, 4.69) is 12.2 Å². The predicted octanol–water partition coefficient (Wildman–Crippen LogP) is 2.51. The van der Waals surface area contributed by atoms with Crippen LogP contribution in [0.2, 0.25) is 0 Å². The Balaban J connectivity index is 1.66. The fraction of sp³-hybridized carbons (Fsp3) is 1.00. The van der Waals surface area contributed by atoms with Gasteiger partial charge in [-0.15, -0.1) is 0 Å². The monoisotopic (exact) mass is 297 g/mol. The first-order valence-electron chi connectivity index (χ1n) is 8.90. The lowest BCUT2D eigenvalue weighted by Gasteiger charge is -2.47. The molecule has 3 atom stereocenters. The fourth-order valence-corrected chi connectivity index (χ4v) is 4.35.